The van der Waals surface area contributed by atoms with Crippen LogP contribution < -0.4 is 4.90 Å². The Morgan fingerprint density at radius 3 is 2.95 bits per heavy atom. The number of carboxylic acids is 1. The molecule has 0 unspecified atom stereocenters. The lowest BCUT2D eigenvalue weighted by molar-refractivity contribution is -0.136. The zero-order valence-electron chi connectivity index (χ0n) is 11.5. The van der Waals surface area contributed by atoms with E-state index >= 15 is 0 Å². The van der Waals surface area contributed by atoms with Crippen molar-refractivity contribution in [2.24, 2.45) is 0 Å². The molecular formula is C17H17NO2. The van der Waals surface area contributed by atoms with Gasteiger partial charge in [-0.2, -0.15) is 0 Å². The van der Waals surface area contributed by atoms with E-state index in [0.717, 1.165) is 12.1 Å². The van der Waals surface area contributed by atoms with Crippen LogP contribution in [0.3, 0.4) is 0 Å². The Morgan fingerprint density at radius 2 is 2.15 bits per heavy atom. The summed E-state index contributed by atoms with van der Waals surface area (Å²) in [6.07, 6.45) is 7.93. The summed E-state index contributed by atoms with van der Waals surface area (Å²) < 4.78 is 0. The summed E-state index contributed by atoms with van der Waals surface area (Å²) >= 11 is 0. The van der Waals surface area contributed by atoms with Gasteiger partial charge in [-0.1, -0.05) is 30.4 Å². The van der Waals surface area contributed by atoms with Gasteiger partial charge in [0.15, 0.2) is 0 Å². The van der Waals surface area contributed by atoms with Crippen LogP contribution in [-0.2, 0) is 4.79 Å². The molecule has 1 aromatic rings. The fraction of sp³-hybridized carbons (Fsp3) is 0.235. The SMILES string of the molecule is CN1C2=CC=CCC2=C(CCC(=O)O)c2ccccc21. The van der Waals surface area contributed by atoms with Gasteiger partial charge in [0.25, 0.3) is 0 Å². The Bertz CT molecular complexity index is 653. The number of nitrogens with zero attached hydrogens (tertiary/aromatic N) is 1. The average molecular weight is 267 g/mol. The smallest absolute Gasteiger partial charge is 0.303 e. The number of hydrogen-bond acceptors (Lipinski definition) is 2. The van der Waals surface area contributed by atoms with E-state index in [-0.39, 0.29) is 6.42 Å². The number of carboxylic acid groups (broad SMARTS) is 1. The second-order valence-electron chi connectivity index (χ2n) is 5.11. The Morgan fingerprint density at radius 1 is 1.35 bits per heavy atom. The maximum Gasteiger partial charge on any atom is 0.303 e. The second-order valence-corrected chi connectivity index (χ2v) is 5.11. The van der Waals surface area contributed by atoms with E-state index < -0.39 is 5.97 Å². The number of rotatable bonds is 3. The molecule has 1 aliphatic carbocycles. The molecular weight excluding hydrogens is 250 g/mol. The largest absolute Gasteiger partial charge is 0.481 e. The first kappa shape index (κ1) is 12.7. The number of carbonyl (C=O) groups is 1. The normalized spacial score (nSPS) is 16.6. The summed E-state index contributed by atoms with van der Waals surface area (Å²) in [4.78, 5) is 13.1. The van der Waals surface area contributed by atoms with E-state index in [0.29, 0.717) is 6.42 Å². The minimum atomic E-state index is -0.744. The minimum absolute atomic E-state index is 0.174. The van der Waals surface area contributed by atoms with Crippen molar-refractivity contribution in [1.82, 2.24) is 0 Å². The summed E-state index contributed by atoms with van der Waals surface area (Å²) in [6.45, 7) is 0. The van der Waals surface area contributed by atoms with Crippen molar-refractivity contribution in [1.29, 1.82) is 0 Å². The van der Waals surface area contributed by atoms with Crippen molar-refractivity contribution < 1.29 is 9.90 Å². The zero-order chi connectivity index (χ0) is 14.1. The fourth-order valence-electron chi connectivity index (χ4n) is 2.97. The number of aliphatic carboxylic acids is 1. The molecule has 1 aromatic carbocycles. The van der Waals surface area contributed by atoms with Crippen LogP contribution in [0.2, 0.25) is 0 Å². The van der Waals surface area contributed by atoms with Crippen LogP contribution in [0.4, 0.5) is 5.69 Å². The first-order chi connectivity index (χ1) is 9.68. The van der Waals surface area contributed by atoms with Crippen molar-refractivity contribution in [3.63, 3.8) is 0 Å². The number of hydrogen-bond donors (Lipinski definition) is 1. The third-order valence-corrected chi connectivity index (χ3v) is 3.93. The number of likely N-dealkylation sites (N-methyl/N-ethyl adjacent to an activating group) is 1. The molecule has 2 aliphatic rings. The third-order valence-electron chi connectivity index (χ3n) is 3.93. The molecule has 20 heavy (non-hydrogen) atoms. The highest BCUT2D eigenvalue weighted by molar-refractivity contribution is 5.88. The number of allylic oxidation sites excluding steroid dienone is 5. The lowest BCUT2D eigenvalue weighted by atomic mass is 9.85. The topological polar surface area (TPSA) is 40.5 Å². The highest BCUT2D eigenvalue weighted by Gasteiger charge is 2.26. The zero-order valence-corrected chi connectivity index (χ0v) is 11.5. The molecule has 0 radical (unpaired) electrons. The van der Waals surface area contributed by atoms with E-state index in [1.54, 1.807) is 0 Å². The fourth-order valence-corrected chi connectivity index (χ4v) is 2.97. The summed E-state index contributed by atoms with van der Waals surface area (Å²) in [5, 5.41) is 8.98. The molecule has 3 nitrogen and oxygen atoms in total. The lowest BCUT2D eigenvalue weighted by Crippen LogP contribution is -2.24. The molecule has 0 saturated carbocycles. The molecule has 0 spiro atoms. The Labute approximate surface area is 118 Å². The Kier molecular flexibility index (Phi) is 3.18. The molecule has 0 amide bonds. The molecule has 0 bridgehead atoms. The highest BCUT2D eigenvalue weighted by atomic mass is 16.4. The van der Waals surface area contributed by atoms with Gasteiger partial charge >= 0.3 is 5.97 Å². The maximum atomic E-state index is 10.9. The lowest BCUT2D eigenvalue weighted by Gasteiger charge is -2.35. The standard InChI is InChI=1S/C17H17NO2/c1-18-15-8-4-2-6-13(15)12(10-11-17(19)20)14-7-3-5-9-16(14)18/h2-6,8-9H,7,10-11H2,1H3,(H,19,20). The van der Waals surface area contributed by atoms with Crippen molar-refractivity contribution in [2.75, 3.05) is 11.9 Å². The van der Waals surface area contributed by atoms with E-state index in [1.807, 2.05) is 12.1 Å². The van der Waals surface area contributed by atoms with Crippen molar-refractivity contribution in [2.45, 2.75) is 19.3 Å². The quantitative estimate of drug-likeness (QED) is 0.909. The maximum absolute atomic E-state index is 10.9. The second kappa shape index (κ2) is 5.00. The van der Waals surface area contributed by atoms with E-state index in [9.17, 15) is 4.79 Å². The molecule has 1 aliphatic heterocycles. The van der Waals surface area contributed by atoms with Gasteiger partial charge in [-0.05, 0) is 36.1 Å². The first-order valence-corrected chi connectivity index (χ1v) is 6.82. The van der Waals surface area contributed by atoms with Crippen LogP contribution in [0, 0.1) is 0 Å². The van der Waals surface area contributed by atoms with Crippen LogP contribution in [0.1, 0.15) is 24.8 Å². The molecule has 3 rings (SSSR count). The summed E-state index contributed by atoms with van der Waals surface area (Å²) in [5.41, 5.74) is 5.94. The molecule has 3 heteroatoms. The summed E-state index contributed by atoms with van der Waals surface area (Å²) in [5.74, 6) is -0.744. The van der Waals surface area contributed by atoms with E-state index in [1.165, 1.54) is 22.4 Å². The van der Waals surface area contributed by atoms with Gasteiger partial charge in [-0.25, -0.2) is 0 Å². The summed E-state index contributed by atoms with van der Waals surface area (Å²) in [6, 6.07) is 8.22. The first-order valence-electron chi connectivity index (χ1n) is 6.82. The van der Waals surface area contributed by atoms with E-state index in [4.69, 9.17) is 5.11 Å². The Hall–Kier alpha value is -2.29. The van der Waals surface area contributed by atoms with Gasteiger partial charge in [0.1, 0.15) is 0 Å². The monoisotopic (exact) mass is 267 g/mol. The summed E-state index contributed by atoms with van der Waals surface area (Å²) in [7, 11) is 2.07. The van der Waals surface area contributed by atoms with Crippen molar-refractivity contribution >= 4 is 17.2 Å². The van der Waals surface area contributed by atoms with Gasteiger partial charge in [0, 0.05) is 30.4 Å². The van der Waals surface area contributed by atoms with Crippen LogP contribution in [0.25, 0.3) is 5.57 Å². The van der Waals surface area contributed by atoms with Gasteiger partial charge in [0.05, 0.1) is 0 Å². The van der Waals surface area contributed by atoms with E-state index in [2.05, 4.69) is 42.3 Å². The van der Waals surface area contributed by atoms with Crippen LogP contribution >= 0.6 is 0 Å². The Balaban J connectivity index is 2.13. The molecule has 102 valence electrons. The predicted octanol–water partition coefficient (Wildman–Crippen LogP) is 3.60. The van der Waals surface area contributed by atoms with Crippen molar-refractivity contribution in [3.8, 4) is 0 Å². The molecule has 1 heterocycles. The van der Waals surface area contributed by atoms with Gasteiger partial charge in [-0.15, -0.1) is 0 Å². The van der Waals surface area contributed by atoms with Gasteiger partial charge in [-0.3, -0.25) is 4.79 Å². The average Bonchev–Trinajstić information content (AvgIpc) is 2.47. The molecule has 0 saturated heterocycles. The van der Waals surface area contributed by atoms with Crippen molar-refractivity contribution in [3.05, 3.63) is 59.3 Å². The minimum Gasteiger partial charge on any atom is -0.481 e. The number of fused-ring (bicyclic) bond motifs is 2. The van der Waals surface area contributed by atoms with Gasteiger partial charge < -0.3 is 10.0 Å². The molecule has 0 fully saturated rings. The van der Waals surface area contributed by atoms with Crippen LogP contribution in [-0.4, -0.2) is 18.1 Å². The molecule has 0 aromatic heterocycles. The molecule has 1 N–H and O–H groups in total. The predicted molar refractivity (Wildman–Crippen MR) is 80.5 cm³/mol. The highest BCUT2D eigenvalue weighted by Crippen LogP contribution is 2.43. The van der Waals surface area contributed by atoms with Crippen LogP contribution in [0.15, 0.2) is 53.8 Å². The van der Waals surface area contributed by atoms with Crippen LogP contribution in [0.5, 0.6) is 0 Å². The third kappa shape index (κ3) is 2.05. The number of anilines is 1. The van der Waals surface area contributed by atoms with Gasteiger partial charge in [0.2, 0.25) is 0 Å². The molecule has 0 atom stereocenters. The number of para-hydroxylation sites is 1. The number of benzene rings is 1.